The summed E-state index contributed by atoms with van der Waals surface area (Å²) in [5.74, 6) is -1.00. The van der Waals surface area contributed by atoms with E-state index in [1.54, 1.807) is 0 Å². The molecule has 1 unspecified atom stereocenters. The van der Waals surface area contributed by atoms with Crippen molar-refractivity contribution in [3.8, 4) is 0 Å². The van der Waals surface area contributed by atoms with Crippen LogP contribution in [0.5, 0.6) is 0 Å². The number of rotatable bonds is 38. The van der Waals surface area contributed by atoms with E-state index < -0.39 is 6.10 Å². The van der Waals surface area contributed by atoms with E-state index in [1.807, 2.05) is 6.08 Å². The summed E-state index contributed by atoms with van der Waals surface area (Å²) >= 11 is 0. The average molecular weight is 777 g/mol. The van der Waals surface area contributed by atoms with Crippen LogP contribution in [0.1, 0.15) is 181 Å². The lowest BCUT2D eigenvalue weighted by molar-refractivity contribution is -0.167. The van der Waals surface area contributed by atoms with Crippen LogP contribution in [0.3, 0.4) is 0 Å². The molecule has 0 rings (SSSR count). The highest BCUT2D eigenvalue weighted by molar-refractivity contribution is 5.71. The second-order valence-corrected chi connectivity index (χ2v) is 14.2. The summed E-state index contributed by atoms with van der Waals surface area (Å²) in [6.45, 7) is 6.18. The third kappa shape index (κ3) is 41.5. The van der Waals surface area contributed by atoms with Gasteiger partial charge in [-0.25, -0.2) is 0 Å². The molecule has 0 heterocycles. The van der Waals surface area contributed by atoms with Gasteiger partial charge in [0.1, 0.15) is 13.2 Å². The monoisotopic (exact) mass is 777 g/mol. The summed E-state index contributed by atoms with van der Waals surface area (Å²) in [5, 5.41) is 0. The molecule has 0 fully saturated rings. The van der Waals surface area contributed by atoms with E-state index >= 15 is 0 Å². The average Bonchev–Trinajstić information content (AvgIpc) is 3.19. The first kappa shape index (κ1) is 52.3. The third-order valence-corrected chi connectivity index (χ3v) is 8.88. The standard InChI is InChI=1S/C50H80O6/c1-4-7-10-13-16-19-22-24-26-28-31-34-37-40-43-49(52)55-46-47(45-54-48(51)42-39-36-33-30-27-21-18-15-12-9-6-3)56-50(53)44-41-38-35-32-29-25-23-20-17-14-11-8-5-2/h7-12,14,16-21,23,30,33,47H,4-6,13,15,22,24-29,31-32,34-46H2,1-3H3/b10-7-,11-8-,12-9-,17-14-,19-16-,21-18-,23-20-,33-30-. The van der Waals surface area contributed by atoms with Crippen LogP contribution in [0.2, 0.25) is 0 Å². The van der Waals surface area contributed by atoms with E-state index in [2.05, 4.69) is 112 Å². The van der Waals surface area contributed by atoms with E-state index in [4.69, 9.17) is 14.2 Å². The van der Waals surface area contributed by atoms with Gasteiger partial charge in [0.15, 0.2) is 6.10 Å². The van der Waals surface area contributed by atoms with Crippen molar-refractivity contribution in [1.82, 2.24) is 0 Å². The molecule has 0 N–H and O–H groups in total. The summed E-state index contributed by atoms with van der Waals surface area (Å²) in [5.41, 5.74) is 0. The van der Waals surface area contributed by atoms with Gasteiger partial charge >= 0.3 is 17.9 Å². The van der Waals surface area contributed by atoms with Gasteiger partial charge in [0.25, 0.3) is 0 Å². The van der Waals surface area contributed by atoms with Crippen molar-refractivity contribution in [1.29, 1.82) is 0 Å². The Hall–Kier alpha value is -3.67. The van der Waals surface area contributed by atoms with Gasteiger partial charge in [0.2, 0.25) is 0 Å². The number of carbonyl (C=O) groups is 3. The van der Waals surface area contributed by atoms with Gasteiger partial charge in [0.05, 0.1) is 0 Å². The largest absolute Gasteiger partial charge is 0.462 e. The maximum Gasteiger partial charge on any atom is 0.306 e. The molecule has 0 aliphatic rings. The molecule has 0 spiro atoms. The molecule has 0 bridgehead atoms. The van der Waals surface area contributed by atoms with Gasteiger partial charge in [0, 0.05) is 19.3 Å². The first-order valence-electron chi connectivity index (χ1n) is 22.3. The summed E-state index contributed by atoms with van der Waals surface area (Å²) in [4.78, 5) is 37.7. The first-order chi connectivity index (χ1) is 27.5. The number of esters is 3. The molecule has 0 aromatic carbocycles. The van der Waals surface area contributed by atoms with E-state index in [9.17, 15) is 14.4 Å². The molecular formula is C50H80O6. The topological polar surface area (TPSA) is 78.9 Å². The van der Waals surface area contributed by atoms with Crippen LogP contribution in [0, 0.1) is 0 Å². The van der Waals surface area contributed by atoms with Crippen LogP contribution >= 0.6 is 0 Å². The van der Waals surface area contributed by atoms with Crippen LogP contribution in [0.15, 0.2) is 97.2 Å². The summed E-state index contributed by atoms with van der Waals surface area (Å²) in [6.07, 6.45) is 56.8. The highest BCUT2D eigenvalue weighted by Crippen LogP contribution is 2.13. The van der Waals surface area contributed by atoms with Gasteiger partial charge in [-0.15, -0.1) is 0 Å². The quantitative estimate of drug-likeness (QED) is 0.0204. The number of allylic oxidation sites excluding steroid dienone is 16. The highest BCUT2D eigenvalue weighted by atomic mass is 16.6. The molecule has 0 aromatic rings. The molecule has 6 heteroatoms. The summed E-state index contributed by atoms with van der Waals surface area (Å²) < 4.78 is 16.6. The second kappa shape index (κ2) is 44.0. The molecule has 6 nitrogen and oxygen atoms in total. The normalized spacial score (nSPS) is 13.0. The van der Waals surface area contributed by atoms with Gasteiger partial charge in [-0.3, -0.25) is 14.4 Å². The van der Waals surface area contributed by atoms with Crippen molar-refractivity contribution in [2.75, 3.05) is 13.2 Å². The minimum atomic E-state index is -0.810. The Morgan fingerprint density at radius 1 is 0.375 bits per heavy atom. The van der Waals surface area contributed by atoms with Gasteiger partial charge in [-0.05, 0) is 89.9 Å². The molecule has 0 saturated carbocycles. The summed E-state index contributed by atoms with van der Waals surface area (Å²) in [7, 11) is 0. The highest BCUT2D eigenvalue weighted by Gasteiger charge is 2.19. The van der Waals surface area contributed by atoms with Crippen molar-refractivity contribution in [2.45, 2.75) is 187 Å². The molecule has 1 atom stereocenters. The van der Waals surface area contributed by atoms with Crippen LogP contribution in [0.4, 0.5) is 0 Å². The minimum Gasteiger partial charge on any atom is -0.462 e. The first-order valence-corrected chi connectivity index (χ1v) is 22.3. The zero-order valence-corrected chi connectivity index (χ0v) is 35.9. The Bertz CT molecular complexity index is 1170. The minimum absolute atomic E-state index is 0.108. The van der Waals surface area contributed by atoms with Gasteiger partial charge in [-0.2, -0.15) is 0 Å². The lowest BCUT2D eigenvalue weighted by atomic mass is 10.1. The number of ether oxygens (including phenoxy) is 3. The molecule has 0 saturated heterocycles. The molecule has 0 aliphatic heterocycles. The smallest absolute Gasteiger partial charge is 0.306 e. The van der Waals surface area contributed by atoms with Crippen molar-refractivity contribution in [3.05, 3.63) is 97.2 Å². The Morgan fingerprint density at radius 2 is 0.750 bits per heavy atom. The SMILES string of the molecule is CC\C=C/C=C\C=C/CCCCCCCC(=O)OC(COC(=O)CCC/C=C\C/C=C\C/C=C\CC)COC(=O)CCCCCCCCC/C=C\C/C=C\CC. The number of hydrogen-bond acceptors (Lipinski definition) is 6. The summed E-state index contributed by atoms with van der Waals surface area (Å²) in [6, 6.07) is 0. The van der Waals surface area contributed by atoms with Crippen molar-refractivity contribution in [2.24, 2.45) is 0 Å². The molecule has 0 aromatic heterocycles. The van der Waals surface area contributed by atoms with Gasteiger partial charge in [-0.1, -0.05) is 169 Å². The molecule has 316 valence electrons. The molecular weight excluding hydrogens is 697 g/mol. The van der Waals surface area contributed by atoms with Gasteiger partial charge < -0.3 is 14.2 Å². The van der Waals surface area contributed by atoms with Crippen LogP contribution in [-0.4, -0.2) is 37.2 Å². The van der Waals surface area contributed by atoms with E-state index in [0.29, 0.717) is 19.3 Å². The number of unbranched alkanes of at least 4 members (excludes halogenated alkanes) is 13. The predicted octanol–water partition coefficient (Wildman–Crippen LogP) is 14.2. The van der Waals surface area contributed by atoms with E-state index in [1.165, 1.54) is 25.7 Å². The maximum atomic E-state index is 12.7. The number of carbonyl (C=O) groups excluding carboxylic acids is 3. The van der Waals surface area contributed by atoms with Crippen molar-refractivity contribution < 1.29 is 28.6 Å². The Morgan fingerprint density at radius 3 is 1.27 bits per heavy atom. The van der Waals surface area contributed by atoms with Crippen LogP contribution < -0.4 is 0 Å². The zero-order valence-electron chi connectivity index (χ0n) is 35.9. The second-order valence-electron chi connectivity index (χ2n) is 14.2. The van der Waals surface area contributed by atoms with Crippen LogP contribution in [-0.2, 0) is 28.6 Å². The lowest BCUT2D eigenvalue weighted by Gasteiger charge is -2.18. The third-order valence-electron chi connectivity index (χ3n) is 8.88. The zero-order chi connectivity index (χ0) is 40.8. The fourth-order valence-electron chi connectivity index (χ4n) is 5.62. The number of hydrogen-bond donors (Lipinski definition) is 0. The molecule has 0 aliphatic carbocycles. The van der Waals surface area contributed by atoms with E-state index in [-0.39, 0.29) is 37.5 Å². The van der Waals surface area contributed by atoms with Crippen molar-refractivity contribution in [3.63, 3.8) is 0 Å². The predicted molar refractivity (Wildman–Crippen MR) is 237 cm³/mol. The maximum absolute atomic E-state index is 12.7. The molecule has 0 amide bonds. The molecule has 56 heavy (non-hydrogen) atoms. The fourth-order valence-corrected chi connectivity index (χ4v) is 5.62. The van der Waals surface area contributed by atoms with E-state index in [0.717, 1.165) is 109 Å². The van der Waals surface area contributed by atoms with Crippen LogP contribution in [0.25, 0.3) is 0 Å². The lowest BCUT2D eigenvalue weighted by Crippen LogP contribution is -2.30. The molecule has 0 radical (unpaired) electrons. The Labute approximate surface area is 343 Å². The Balaban J connectivity index is 4.50. The fraction of sp³-hybridized carbons (Fsp3) is 0.620. The van der Waals surface area contributed by atoms with Crippen molar-refractivity contribution >= 4 is 17.9 Å². The Kier molecular flexibility index (Phi) is 41.2.